The van der Waals surface area contributed by atoms with E-state index in [-0.39, 0.29) is 6.03 Å². The topological polar surface area (TPSA) is 72.9 Å². The summed E-state index contributed by atoms with van der Waals surface area (Å²) in [6, 6.07) is -1.05. The Bertz CT molecular complexity index is 314. The van der Waals surface area contributed by atoms with Crippen LogP contribution in [-0.4, -0.2) is 66.7 Å². The standard InChI is InChI=1S/C13H25N3O3/c1-4-11(12(17)18)16(3)13(19)14-9-10-5-7-15(2)8-6-10/h10-11H,4-9H2,1-3H3,(H,14,19)(H,17,18). The highest BCUT2D eigenvalue weighted by Crippen LogP contribution is 2.14. The van der Waals surface area contributed by atoms with Crippen molar-refractivity contribution in [3.05, 3.63) is 0 Å². The number of nitrogens with one attached hydrogen (secondary N) is 1. The number of likely N-dealkylation sites (N-methyl/N-ethyl adjacent to an activating group) is 1. The van der Waals surface area contributed by atoms with Crippen molar-refractivity contribution in [3.8, 4) is 0 Å². The number of hydrogen-bond donors (Lipinski definition) is 2. The molecule has 0 saturated carbocycles. The molecule has 1 unspecified atom stereocenters. The van der Waals surface area contributed by atoms with E-state index < -0.39 is 12.0 Å². The molecule has 1 saturated heterocycles. The van der Waals surface area contributed by atoms with Crippen LogP contribution in [0.4, 0.5) is 4.79 Å². The van der Waals surface area contributed by atoms with E-state index in [1.807, 2.05) is 0 Å². The summed E-state index contributed by atoms with van der Waals surface area (Å²) in [7, 11) is 3.63. The molecule has 1 aliphatic rings. The van der Waals surface area contributed by atoms with Crippen molar-refractivity contribution >= 4 is 12.0 Å². The number of likely N-dealkylation sites (tertiary alicyclic amines) is 1. The second-order valence-electron chi connectivity index (χ2n) is 5.31. The molecule has 2 N–H and O–H groups in total. The van der Waals surface area contributed by atoms with Gasteiger partial charge in [-0.15, -0.1) is 0 Å². The van der Waals surface area contributed by atoms with Crippen molar-refractivity contribution in [3.63, 3.8) is 0 Å². The molecule has 1 heterocycles. The first-order chi connectivity index (χ1) is 8.95. The second-order valence-corrected chi connectivity index (χ2v) is 5.31. The fourth-order valence-corrected chi connectivity index (χ4v) is 2.38. The molecule has 0 aromatic carbocycles. The fourth-order valence-electron chi connectivity index (χ4n) is 2.38. The number of amides is 2. The third-order valence-corrected chi connectivity index (χ3v) is 3.84. The zero-order valence-electron chi connectivity index (χ0n) is 12.1. The maximum Gasteiger partial charge on any atom is 0.326 e. The van der Waals surface area contributed by atoms with Crippen LogP contribution >= 0.6 is 0 Å². The molecule has 1 atom stereocenters. The fraction of sp³-hybridized carbons (Fsp3) is 0.846. The molecule has 1 rings (SSSR count). The van der Waals surface area contributed by atoms with Gasteiger partial charge in [0.05, 0.1) is 0 Å². The van der Waals surface area contributed by atoms with Gasteiger partial charge in [0.2, 0.25) is 0 Å². The number of urea groups is 1. The minimum absolute atomic E-state index is 0.298. The lowest BCUT2D eigenvalue weighted by Crippen LogP contribution is -2.48. The Morgan fingerprint density at radius 1 is 1.42 bits per heavy atom. The Kier molecular flexibility index (Phi) is 6.08. The van der Waals surface area contributed by atoms with Gasteiger partial charge in [-0.3, -0.25) is 0 Å². The maximum atomic E-state index is 11.9. The normalized spacial score (nSPS) is 18.9. The molecule has 0 aromatic rings. The van der Waals surface area contributed by atoms with Crippen LogP contribution in [0.25, 0.3) is 0 Å². The summed E-state index contributed by atoms with van der Waals surface area (Å²) in [6.07, 6.45) is 2.57. The first kappa shape index (κ1) is 15.8. The molecule has 110 valence electrons. The molecular formula is C13H25N3O3. The van der Waals surface area contributed by atoms with Crippen LogP contribution in [-0.2, 0) is 4.79 Å². The van der Waals surface area contributed by atoms with Gasteiger partial charge in [-0.05, 0) is 45.3 Å². The number of carboxylic acid groups (broad SMARTS) is 1. The van der Waals surface area contributed by atoms with E-state index in [1.165, 1.54) is 11.9 Å². The van der Waals surface area contributed by atoms with Gasteiger partial charge in [-0.1, -0.05) is 6.92 Å². The molecule has 0 radical (unpaired) electrons. The van der Waals surface area contributed by atoms with Gasteiger partial charge in [0.25, 0.3) is 0 Å². The van der Waals surface area contributed by atoms with Crippen molar-refractivity contribution in [1.82, 2.24) is 15.1 Å². The smallest absolute Gasteiger partial charge is 0.326 e. The van der Waals surface area contributed by atoms with Crippen molar-refractivity contribution in [2.45, 2.75) is 32.2 Å². The Balaban J connectivity index is 2.36. The molecule has 0 spiro atoms. The number of nitrogens with zero attached hydrogens (tertiary/aromatic N) is 2. The molecule has 1 fully saturated rings. The predicted molar refractivity (Wildman–Crippen MR) is 73.1 cm³/mol. The highest BCUT2D eigenvalue weighted by atomic mass is 16.4. The lowest BCUT2D eigenvalue weighted by molar-refractivity contribution is -0.141. The zero-order valence-corrected chi connectivity index (χ0v) is 12.1. The number of piperidine rings is 1. The van der Waals surface area contributed by atoms with Gasteiger partial charge < -0.3 is 20.2 Å². The van der Waals surface area contributed by atoms with Gasteiger partial charge in [0.15, 0.2) is 0 Å². The number of carbonyl (C=O) groups excluding carboxylic acids is 1. The second kappa shape index (κ2) is 7.33. The summed E-state index contributed by atoms with van der Waals surface area (Å²) in [5, 5.41) is 11.9. The summed E-state index contributed by atoms with van der Waals surface area (Å²) >= 11 is 0. The Morgan fingerprint density at radius 3 is 2.47 bits per heavy atom. The number of hydrogen-bond acceptors (Lipinski definition) is 3. The Labute approximate surface area is 114 Å². The summed E-state index contributed by atoms with van der Waals surface area (Å²) in [6.45, 7) is 4.51. The number of aliphatic carboxylic acids is 1. The minimum Gasteiger partial charge on any atom is -0.480 e. The van der Waals surface area contributed by atoms with Crippen molar-refractivity contribution in [1.29, 1.82) is 0 Å². The summed E-state index contributed by atoms with van der Waals surface area (Å²) in [5.74, 6) is -0.460. The third kappa shape index (κ3) is 4.70. The Hall–Kier alpha value is -1.30. The van der Waals surface area contributed by atoms with Gasteiger partial charge >= 0.3 is 12.0 Å². The van der Waals surface area contributed by atoms with Crippen molar-refractivity contribution in [2.75, 3.05) is 33.7 Å². The Morgan fingerprint density at radius 2 is 2.00 bits per heavy atom. The molecule has 6 nitrogen and oxygen atoms in total. The minimum atomic E-state index is -0.959. The van der Waals surface area contributed by atoms with Gasteiger partial charge in [-0.25, -0.2) is 9.59 Å². The molecular weight excluding hydrogens is 246 g/mol. The maximum absolute atomic E-state index is 11.9. The van der Waals surface area contributed by atoms with Crippen molar-refractivity contribution in [2.24, 2.45) is 5.92 Å². The quantitative estimate of drug-likeness (QED) is 0.777. The molecule has 0 aromatic heterocycles. The monoisotopic (exact) mass is 271 g/mol. The molecule has 1 aliphatic heterocycles. The molecule has 0 bridgehead atoms. The van der Waals surface area contributed by atoms with Crippen LogP contribution in [0.2, 0.25) is 0 Å². The van der Waals surface area contributed by atoms with Crippen LogP contribution in [0, 0.1) is 5.92 Å². The van der Waals surface area contributed by atoms with Gasteiger partial charge in [-0.2, -0.15) is 0 Å². The van der Waals surface area contributed by atoms with Gasteiger partial charge in [0, 0.05) is 13.6 Å². The number of carbonyl (C=O) groups is 2. The van der Waals surface area contributed by atoms with E-state index in [2.05, 4.69) is 17.3 Å². The first-order valence-corrected chi connectivity index (χ1v) is 6.87. The lowest BCUT2D eigenvalue weighted by Gasteiger charge is -2.30. The van der Waals surface area contributed by atoms with Crippen LogP contribution < -0.4 is 5.32 Å². The first-order valence-electron chi connectivity index (χ1n) is 6.87. The SMILES string of the molecule is CCC(C(=O)O)N(C)C(=O)NCC1CCN(C)CC1. The highest BCUT2D eigenvalue weighted by molar-refractivity contribution is 5.82. The van der Waals surface area contributed by atoms with E-state index in [0.717, 1.165) is 25.9 Å². The average Bonchev–Trinajstić information content (AvgIpc) is 2.38. The van der Waals surface area contributed by atoms with Crippen molar-refractivity contribution < 1.29 is 14.7 Å². The van der Waals surface area contributed by atoms with Gasteiger partial charge in [0.1, 0.15) is 6.04 Å². The number of rotatable bonds is 5. The molecule has 0 aliphatic carbocycles. The molecule has 6 heteroatoms. The van der Waals surface area contributed by atoms with Crippen LogP contribution in [0.3, 0.4) is 0 Å². The van der Waals surface area contributed by atoms with E-state index in [1.54, 1.807) is 6.92 Å². The van der Waals surface area contributed by atoms with Crippen LogP contribution in [0.15, 0.2) is 0 Å². The van der Waals surface area contributed by atoms with E-state index in [9.17, 15) is 9.59 Å². The zero-order chi connectivity index (χ0) is 14.4. The third-order valence-electron chi connectivity index (χ3n) is 3.84. The summed E-state index contributed by atoms with van der Waals surface area (Å²) in [4.78, 5) is 26.4. The molecule has 2 amide bonds. The van der Waals surface area contributed by atoms with Crippen LogP contribution in [0.1, 0.15) is 26.2 Å². The van der Waals surface area contributed by atoms with E-state index in [4.69, 9.17) is 5.11 Å². The average molecular weight is 271 g/mol. The predicted octanol–water partition coefficient (Wildman–Crippen LogP) is 0.833. The summed E-state index contributed by atoms with van der Waals surface area (Å²) < 4.78 is 0. The molecule has 19 heavy (non-hydrogen) atoms. The largest absolute Gasteiger partial charge is 0.480 e. The highest BCUT2D eigenvalue weighted by Gasteiger charge is 2.25. The summed E-state index contributed by atoms with van der Waals surface area (Å²) in [5.41, 5.74) is 0. The van der Waals surface area contributed by atoms with E-state index >= 15 is 0 Å². The van der Waals surface area contributed by atoms with E-state index in [0.29, 0.717) is 18.9 Å². The lowest BCUT2D eigenvalue weighted by atomic mass is 9.97. The number of carboxylic acids is 1. The van der Waals surface area contributed by atoms with Crippen LogP contribution in [0.5, 0.6) is 0 Å².